The van der Waals surface area contributed by atoms with E-state index in [1.807, 2.05) is 64.4 Å². The summed E-state index contributed by atoms with van der Waals surface area (Å²) in [5.74, 6) is -0.212. The van der Waals surface area contributed by atoms with E-state index in [1.165, 1.54) is 4.90 Å². The Labute approximate surface area is 187 Å². The van der Waals surface area contributed by atoms with Gasteiger partial charge in [0, 0.05) is 13.0 Å². The summed E-state index contributed by atoms with van der Waals surface area (Å²) in [6.45, 7) is 9.68. The molecule has 0 spiro atoms. The third-order valence-electron chi connectivity index (χ3n) is 5.87. The number of hydrogen-bond acceptors (Lipinski definition) is 6. The minimum atomic E-state index is -0.732. The number of carbonyl (C=O) groups excluding carboxylic acids is 2. The van der Waals surface area contributed by atoms with E-state index in [9.17, 15) is 14.7 Å². The maximum absolute atomic E-state index is 13.0. The van der Waals surface area contributed by atoms with Crippen LogP contribution in [0, 0.1) is 12.3 Å². The van der Waals surface area contributed by atoms with Gasteiger partial charge in [-0.15, -0.1) is 11.3 Å². The average Bonchev–Trinajstić information content (AvgIpc) is 3.31. The van der Waals surface area contributed by atoms with Crippen LogP contribution in [-0.4, -0.2) is 51.5 Å². The number of likely N-dealkylation sites (tertiary alicyclic amines) is 1. The highest BCUT2D eigenvalue weighted by Gasteiger charge is 2.43. The number of benzene rings is 1. The Kier molecular flexibility index (Phi) is 6.83. The molecule has 31 heavy (non-hydrogen) atoms. The Morgan fingerprint density at radius 3 is 2.48 bits per heavy atom. The number of aliphatic hydroxyl groups is 1. The van der Waals surface area contributed by atoms with Crippen molar-refractivity contribution in [2.24, 2.45) is 11.1 Å². The zero-order chi connectivity index (χ0) is 22.9. The Bertz CT molecular complexity index is 935. The van der Waals surface area contributed by atoms with Gasteiger partial charge in [-0.3, -0.25) is 4.79 Å². The molecule has 1 aromatic carbocycles. The molecule has 1 saturated heterocycles. The standard InChI is InChI=1S/C23H32N4O3S/c1-13(15-6-8-16(9-7-15)20-14(2)25-12-31-20)26-22(30)27-11-17(28)10-18(27)19(29)21(24)23(3,4)5/h6-9,12-13,17-18,21,28H,10-11,24H2,1-5H3,(H,26,30)/t13-,17+,18?,21+/m1/s1. The molecule has 4 atom stereocenters. The number of amides is 2. The summed E-state index contributed by atoms with van der Waals surface area (Å²) in [6, 6.07) is 5.96. The zero-order valence-electron chi connectivity index (χ0n) is 18.8. The number of ketones is 1. The molecule has 1 aromatic heterocycles. The Morgan fingerprint density at radius 1 is 1.29 bits per heavy atom. The second kappa shape index (κ2) is 9.06. The maximum Gasteiger partial charge on any atom is 0.318 e. The molecule has 1 aliphatic heterocycles. The molecule has 2 heterocycles. The number of aryl methyl sites for hydroxylation is 1. The van der Waals surface area contributed by atoms with Crippen molar-refractivity contribution >= 4 is 23.2 Å². The number of aromatic nitrogens is 1. The third kappa shape index (κ3) is 5.14. The van der Waals surface area contributed by atoms with Crippen LogP contribution in [0.3, 0.4) is 0 Å². The molecule has 3 rings (SSSR count). The van der Waals surface area contributed by atoms with Gasteiger partial charge < -0.3 is 21.1 Å². The molecule has 168 valence electrons. The topological polar surface area (TPSA) is 109 Å². The first kappa shape index (κ1) is 23.4. The van der Waals surface area contributed by atoms with Crippen LogP contribution in [0.1, 0.15) is 51.4 Å². The summed E-state index contributed by atoms with van der Waals surface area (Å²) in [7, 11) is 0. The van der Waals surface area contributed by atoms with E-state index in [0.29, 0.717) is 0 Å². The summed E-state index contributed by atoms with van der Waals surface area (Å²) in [4.78, 5) is 32.7. The molecule has 0 bridgehead atoms. The second-order valence-electron chi connectivity index (χ2n) is 9.36. The van der Waals surface area contributed by atoms with Crippen LogP contribution in [0.2, 0.25) is 0 Å². The number of rotatable bonds is 5. The van der Waals surface area contributed by atoms with Gasteiger partial charge in [-0.25, -0.2) is 9.78 Å². The fourth-order valence-corrected chi connectivity index (χ4v) is 4.61. The molecule has 8 heteroatoms. The number of carbonyl (C=O) groups is 2. The molecular formula is C23H32N4O3S. The zero-order valence-corrected chi connectivity index (χ0v) is 19.6. The van der Waals surface area contributed by atoms with Gasteiger partial charge in [-0.05, 0) is 30.4 Å². The maximum atomic E-state index is 13.0. The molecule has 0 saturated carbocycles. The van der Waals surface area contributed by atoms with Crippen LogP contribution >= 0.6 is 11.3 Å². The van der Waals surface area contributed by atoms with Gasteiger partial charge in [-0.2, -0.15) is 0 Å². The number of hydrogen-bond donors (Lipinski definition) is 3. The van der Waals surface area contributed by atoms with Crippen molar-refractivity contribution in [3.8, 4) is 10.4 Å². The van der Waals surface area contributed by atoms with E-state index in [-0.39, 0.29) is 30.8 Å². The first-order valence-corrected chi connectivity index (χ1v) is 11.4. The number of nitrogens with two attached hydrogens (primary N) is 1. The van der Waals surface area contributed by atoms with E-state index < -0.39 is 23.6 Å². The normalized spacial score (nSPS) is 21.1. The fourth-order valence-electron chi connectivity index (χ4n) is 3.80. The first-order valence-electron chi connectivity index (χ1n) is 10.5. The van der Waals surface area contributed by atoms with E-state index in [2.05, 4.69) is 10.3 Å². The molecule has 1 aliphatic rings. The number of thiazole rings is 1. The van der Waals surface area contributed by atoms with Crippen LogP contribution in [0.25, 0.3) is 10.4 Å². The van der Waals surface area contributed by atoms with Gasteiger partial charge in [0.1, 0.15) is 0 Å². The summed E-state index contributed by atoms with van der Waals surface area (Å²) >= 11 is 1.60. The van der Waals surface area contributed by atoms with Crippen LogP contribution in [0.5, 0.6) is 0 Å². The van der Waals surface area contributed by atoms with Gasteiger partial charge >= 0.3 is 6.03 Å². The monoisotopic (exact) mass is 444 g/mol. The number of nitrogens with zero attached hydrogens (tertiary/aromatic N) is 2. The third-order valence-corrected chi connectivity index (χ3v) is 6.84. The smallest absolute Gasteiger partial charge is 0.318 e. The minimum Gasteiger partial charge on any atom is -0.391 e. The van der Waals surface area contributed by atoms with Gasteiger partial charge in [-0.1, -0.05) is 45.0 Å². The average molecular weight is 445 g/mol. The van der Waals surface area contributed by atoms with Crippen LogP contribution in [0.15, 0.2) is 29.8 Å². The van der Waals surface area contributed by atoms with Gasteiger partial charge in [0.15, 0.2) is 5.78 Å². The van der Waals surface area contributed by atoms with Crippen molar-refractivity contribution in [3.05, 3.63) is 41.0 Å². The number of Topliss-reactive ketones (excluding diaryl/α,β-unsaturated/α-hetero) is 1. The molecule has 2 amide bonds. The highest BCUT2D eigenvalue weighted by Crippen LogP contribution is 2.29. The molecular weight excluding hydrogens is 412 g/mol. The van der Waals surface area contributed by atoms with Crippen LogP contribution < -0.4 is 11.1 Å². The largest absolute Gasteiger partial charge is 0.391 e. The molecule has 4 N–H and O–H groups in total. The summed E-state index contributed by atoms with van der Waals surface area (Å²) in [6.07, 6.45) is -0.517. The van der Waals surface area contributed by atoms with Crippen molar-refractivity contribution in [1.29, 1.82) is 0 Å². The lowest BCUT2D eigenvalue weighted by Crippen LogP contribution is -2.54. The van der Waals surface area contributed by atoms with Crippen molar-refractivity contribution in [1.82, 2.24) is 15.2 Å². The number of aliphatic hydroxyl groups excluding tert-OH is 1. The lowest BCUT2D eigenvalue weighted by atomic mass is 9.82. The van der Waals surface area contributed by atoms with Gasteiger partial charge in [0.25, 0.3) is 0 Å². The van der Waals surface area contributed by atoms with Gasteiger partial charge in [0.2, 0.25) is 0 Å². The fraction of sp³-hybridized carbons (Fsp3) is 0.522. The Balaban J connectivity index is 1.69. The molecule has 1 fully saturated rings. The summed E-state index contributed by atoms with van der Waals surface area (Å²) in [5.41, 5.74) is 10.6. The number of β-amino-alcohol motifs (C(OH)–C–C–N with tert-alkyl or cyclic N) is 1. The van der Waals surface area contributed by atoms with E-state index in [1.54, 1.807) is 11.3 Å². The van der Waals surface area contributed by atoms with Crippen molar-refractivity contribution < 1.29 is 14.7 Å². The van der Waals surface area contributed by atoms with Crippen molar-refractivity contribution in [2.75, 3.05) is 6.54 Å². The van der Waals surface area contributed by atoms with Crippen LogP contribution in [0.4, 0.5) is 4.79 Å². The molecule has 0 radical (unpaired) electrons. The van der Waals surface area contributed by atoms with Crippen LogP contribution in [-0.2, 0) is 4.79 Å². The predicted octanol–water partition coefficient (Wildman–Crippen LogP) is 3.27. The molecule has 1 unspecified atom stereocenters. The lowest BCUT2D eigenvalue weighted by Gasteiger charge is -2.32. The second-order valence-corrected chi connectivity index (χ2v) is 10.2. The molecule has 7 nitrogen and oxygen atoms in total. The Hall–Kier alpha value is -2.29. The first-order chi connectivity index (χ1) is 14.5. The van der Waals surface area contributed by atoms with Crippen molar-refractivity contribution in [3.63, 3.8) is 0 Å². The highest BCUT2D eigenvalue weighted by atomic mass is 32.1. The summed E-state index contributed by atoms with van der Waals surface area (Å²) in [5, 5.41) is 13.1. The number of nitrogens with one attached hydrogen (secondary N) is 1. The quantitative estimate of drug-likeness (QED) is 0.656. The minimum absolute atomic E-state index is 0.120. The van der Waals surface area contributed by atoms with E-state index in [0.717, 1.165) is 21.7 Å². The SMILES string of the molecule is Cc1ncsc1-c1ccc([C@@H](C)NC(=O)N2C[C@@H](O)CC2C(=O)[C@H](N)C(C)(C)C)cc1. The predicted molar refractivity (Wildman–Crippen MR) is 123 cm³/mol. The molecule has 0 aliphatic carbocycles. The Morgan fingerprint density at radius 2 is 1.94 bits per heavy atom. The van der Waals surface area contributed by atoms with Crippen molar-refractivity contribution in [2.45, 2.75) is 65.3 Å². The lowest BCUT2D eigenvalue weighted by molar-refractivity contribution is -0.126. The number of urea groups is 1. The summed E-state index contributed by atoms with van der Waals surface area (Å²) < 4.78 is 0. The van der Waals surface area contributed by atoms with Gasteiger partial charge in [0.05, 0.1) is 40.3 Å². The van der Waals surface area contributed by atoms with E-state index in [4.69, 9.17) is 5.73 Å². The molecule has 2 aromatic rings. The van der Waals surface area contributed by atoms with E-state index >= 15 is 0 Å². The highest BCUT2D eigenvalue weighted by molar-refractivity contribution is 7.13.